The van der Waals surface area contributed by atoms with Gasteiger partial charge in [0.15, 0.2) is 5.96 Å². The summed E-state index contributed by atoms with van der Waals surface area (Å²) in [5, 5.41) is 8.32. The van der Waals surface area contributed by atoms with Crippen LogP contribution in [0.4, 0.5) is 11.4 Å². The molecule has 0 bridgehead atoms. The predicted molar refractivity (Wildman–Crippen MR) is 134 cm³/mol. The maximum absolute atomic E-state index is 6.38. The molecule has 4 aromatic rings. The lowest BCUT2D eigenvalue weighted by atomic mass is 10.0. The van der Waals surface area contributed by atoms with E-state index < -0.39 is 0 Å². The highest BCUT2D eigenvalue weighted by atomic mass is 79.9. The van der Waals surface area contributed by atoms with Crippen LogP contribution in [0.2, 0.25) is 0 Å². The van der Waals surface area contributed by atoms with Crippen LogP contribution in [-0.4, -0.2) is 5.96 Å². The number of benzene rings is 4. The summed E-state index contributed by atoms with van der Waals surface area (Å²) in [6.45, 7) is 0. The van der Waals surface area contributed by atoms with Crippen molar-refractivity contribution in [2.24, 2.45) is 10.7 Å². The number of alkyl halides is 2. The first-order chi connectivity index (χ1) is 14.6. The standard InChI is InChI=1S/C25H19Br2N3/c26-19-11-13-3-1-5-17-21(9-7-15(19)23(13)17)29-25(28)30-22-10-8-16-20(27)12-14-4-2-6-18(22)24(14)16/h1-10,19-20H,11-12H2,(H3,28,29,30). The molecular formula is C25H19Br2N3. The topological polar surface area (TPSA) is 50.4 Å². The molecule has 0 saturated heterocycles. The van der Waals surface area contributed by atoms with Crippen molar-refractivity contribution < 1.29 is 0 Å². The SMILES string of the molecule is NC(=Nc1ccc2c3c(cccc13)CC2Br)Nc1ccc2c3c(cccc13)CC2Br. The minimum absolute atomic E-state index is 0.373. The normalized spacial score (nSPS) is 19.7. The van der Waals surface area contributed by atoms with Gasteiger partial charge in [0.25, 0.3) is 0 Å². The molecule has 3 nitrogen and oxygen atoms in total. The van der Waals surface area contributed by atoms with Gasteiger partial charge in [0.05, 0.1) is 5.69 Å². The van der Waals surface area contributed by atoms with E-state index in [1.54, 1.807) is 0 Å². The zero-order valence-corrected chi connectivity index (χ0v) is 19.3. The van der Waals surface area contributed by atoms with Gasteiger partial charge in [-0.3, -0.25) is 0 Å². The largest absolute Gasteiger partial charge is 0.369 e. The van der Waals surface area contributed by atoms with Crippen LogP contribution in [0, 0.1) is 0 Å². The van der Waals surface area contributed by atoms with E-state index in [0.717, 1.165) is 29.6 Å². The van der Waals surface area contributed by atoms with Crippen molar-refractivity contribution in [2.45, 2.75) is 22.5 Å². The van der Waals surface area contributed by atoms with Gasteiger partial charge in [-0.25, -0.2) is 4.99 Å². The van der Waals surface area contributed by atoms with Crippen molar-refractivity contribution >= 4 is 70.7 Å². The van der Waals surface area contributed by atoms with Crippen LogP contribution in [0.5, 0.6) is 0 Å². The van der Waals surface area contributed by atoms with Gasteiger partial charge >= 0.3 is 0 Å². The van der Waals surface area contributed by atoms with Gasteiger partial charge in [-0.1, -0.05) is 80.4 Å². The molecule has 0 amide bonds. The summed E-state index contributed by atoms with van der Waals surface area (Å²) in [5.74, 6) is 0.401. The van der Waals surface area contributed by atoms with E-state index in [2.05, 4.69) is 97.8 Å². The fraction of sp³-hybridized carbons (Fsp3) is 0.160. The fourth-order valence-corrected chi connectivity index (χ4v) is 6.44. The Morgan fingerprint density at radius 1 is 0.800 bits per heavy atom. The monoisotopic (exact) mass is 519 g/mol. The second-order valence-electron chi connectivity index (χ2n) is 8.02. The Kier molecular flexibility index (Phi) is 4.19. The van der Waals surface area contributed by atoms with Gasteiger partial charge in [-0.15, -0.1) is 0 Å². The number of nitrogens with zero attached hydrogens (tertiary/aromatic N) is 1. The van der Waals surface area contributed by atoms with Crippen molar-refractivity contribution in [2.75, 3.05) is 5.32 Å². The first-order valence-corrected chi connectivity index (χ1v) is 11.9. The molecule has 0 aliphatic heterocycles. The van der Waals surface area contributed by atoms with E-state index in [1.807, 2.05) is 0 Å². The highest BCUT2D eigenvalue weighted by molar-refractivity contribution is 9.09. The van der Waals surface area contributed by atoms with Crippen LogP contribution in [-0.2, 0) is 12.8 Å². The average molecular weight is 521 g/mol. The van der Waals surface area contributed by atoms with Crippen molar-refractivity contribution in [1.29, 1.82) is 0 Å². The number of aliphatic imine (C=N–C) groups is 1. The van der Waals surface area contributed by atoms with Crippen LogP contribution >= 0.6 is 31.9 Å². The third-order valence-corrected chi connectivity index (χ3v) is 7.91. The molecule has 0 heterocycles. The number of anilines is 1. The first kappa shape index (κ1) is 18.4. The van der Waals surface area contributed by atoms with E-state index in [0.29, 0.717) is 15.6 Å². The molecule has 30 heavy (non-hydrogen) atoms. The van der Waals surface area contributed by atoms with E-state index >= 15 is 0 Å². The highest BCUT2D eigenvalue weighted by Crippen LogP contribution is 2.45. The summed E-state index contributed by atoms with van der Waals surface area (Å²) in [5.41, 5.74) is 13.7. The molecule has 0 fully saturated rings. The highest BCUT2D eigenvalue weighted by Gasteiger charge is 2.24. The van der Waals surface area contributed by atoms with Gasteiger partial charge in [0.2, 0.25) is 0 Å². The third kappa shape index (κ3) is 2.72. The van der Waals surface area contributed by atoms with Crippen molar-refractivity contribution in [1.82, 2.24) is 0 Å². The van der Waals surface area contributed by atoms with Crippen LogP contribution in [0.15, 0.2) is 65.7 Å². The summed E-state index contributed by atoms with van der Waals surface area (Å²) >= 11 is 7.60. The van der Waals surface area contributed by atoms with Gasteiger partial charge in [0, 0.05) is 26.1 Å². The molecule has 4 aromatic carbocycles. The molecule has 2 unspecified atom stereocenters. The predicted octanol–water partition coefficient (Wildman–Crippen LogP) is 7.04. The molecule has 2 aliphatic carbocycles. The molecule has 6 rings (SSSR count). The second-order valence-corrected chi connectivity index (χ2v) is 10.2. The molecule has 0 radical (unpaired) electrons. The lowest BCUT2D eigenvalue weighted by Crippen LogP contribution is -2.22. The van der Waals surface area contributed by atoms with Crippen LogP contribution < -0.4 is 11.1 Å². The molecule has 0 spiro atoms. The van der Waals surface area contributed by atoms with Crippen molar-refractivity contribution in [3.8, 4) is 0 Å². The Labute approximate surface area is 191 Å². The minimum atomic E-state index is 0.373. The Bertz CT molecular complexity index is 1380. The number of nitrogens with one attached hydrogen (secondary N) is 1. The first-order valence-electron chi connectivity index (χ1n) is 10.1. The summed E-state index contributed by atoms with van der Waals surface area (Å²) in [7, 11) is 0. The van der Waals surface area contributed by atoms with E-state index in [9.17, 15) is 0 Å². The van der Waals surface area contributed by atoms with Crippen molar-refractivity contribution in [3.63, 3.8) is 0 Å². The van der Waals surface area contributed by atoms with Crippen LogP contribution in [0.25, 0.3) is 21.5 Å². The lowest BCUT2D eigenvalue weighted by Gasteiger charge is -2.12. The zero-order valence-electron chi connectivity index (χ0n) is 16.1. The Morgan fingerprint density at radius 2 is 1.40 bits per heavy atom. The minimum Gasteiger partial charge on any atom is -0.369 e. The van der Waals surface area contributed by atoms with Gasteiger partial charge in [-0.05, 0) is 58.0 Å². The van der Waals surface area contributed by atoms with Gasteiger partial charge in [0.1, 0.15) is 0 Å². The summed E-state index contributed by atoms with van der Waals surface area (Å²) in [6, 6.07) is 21.4. The van der Waals surface area contributed by atoms with Gasteiger partial charge in [-0.2, -0.15) is 0 Å². The van der Waals surface area contributed by atoms with Crippen LogP contribution in [0.1, 0.15) is 31.9 Å². The molecular weight excluding hydrogens is 502 g/mol. The average Bonchev–Trinajstić information content (AvgIpc) is 3.24. The molecule has 2 aliphatic rings. The van der Waals surface area contributed by atoms with E-state index in [1.165, 1.54) is 38.4 Å². The summed E-state index contributed by atoms with van der Waals surface area (Å²) < 4.78 is 0. The maximum Gasteiger partial charge on any atom is 0.198 e. The zero-order chi connectivity index (χ0) is 20.4. The van der Waals surface area contributed by atoms with E-state index in [4.69, 9.17) is 10.7 Å². The Balaban J connectivity index is 1.42. The Morgan fingerprint density at radius 3 is 2.10 bits per heavy atom. The van der Waals surface area contributed by atoms with Crippen molar-refractivity contribution in [3.05, 3.63) is 82.9 Å². The molecule has 5 heteroatoms. The fourth-order valence-electron chi connectivity index (χ4n) is 4.98. The number of hydrogen-bond donors (Lipinski definition) is 2. The summed E-state index contributed by atoms with van der Waals surface area (Å²) in [6.07, 6.45) is 2.04. The molecule has 0 saturated carbocycles. The quantitative estimate of drug-likeness (QED) is 0.169. The number of guanidine groups is 1. The number of halogens is 2. The maximum atomic E-state index is 6.38. The van der Waals surface area contributed by atoms with Gasteiger partial charge < -0.3 is 11.1 Å². The molecule has 148 valence electrons. The number of rotatable bonds is 2. The third-order valence-electron chi connectivity index (χ3n) is 6.27. The number of nitrogens with two attached hydrogens (primary N) is 1. The number of hydrogen-bond acceptors (Lipinski definition) is 1. The molecule has 2 atom stereocenters. The molecule has 3 N–H and O–H groups in total. The Hall–Kier alpha value is -2.37. The smallest absolute Gasteiger partial charge is 0.198 e. The lowest BCUT2D eigenvalue weighted by molar-refractivity contribution is 1.01. The van der Waals surface area contributed by atoms with E-state index in [-0.39, 0.29) is 0 Å². The second kappa shape index (κ2) is 6.82. The van der Waals surface area contributed by atoms with Crippen LogP contribution in [0.3, 0.4) is 0 Å². The summed E-state index contributed by atoms with van der Waals surface area (Å²) in [4.78, 5) is 5.51. The molecule has 0 aromatic heterocycles.